The molecule has 1 N–H and O–H groups in total. The van der Waals surface area contributed by atoms with E-state index in [1.165, 1.54) is 16.8 Å². The summed E-state index contributed by atoms with van der Waals surface area (Å²) in [6.45, 7) is 3.90. The highest BCUT2D eigenvalue weighted by atomic mass is 32.2. The number of hydrogen-bond acceptors (Lipinski definition) is 6. The van der Waals surface area contributed by atoms with Gasteiger partial charge in [-0.15, -0.1) is 0 Å². The summed E-state index contributed by atoms with van der Waals surface area (Å²) in [4.78, 5) is 25.4. The summed E-state index contributed by atoms with van der Waals surface area (Å²) in [6.07, 6.45) is 1.40. The molecule has 140 valence electrons. The van der Waals surface area contributed by atoms with Gasteiger partial charge in [0.15, 0.2) is 0 Å². The van der Waals surface area contributed by atoms with Crippen LogP contribution in [0, 0.1) is 0 Å². The molecule has 0 unspecified atom stereocenters. The van der Waals surface area contributed by atoms with Gasteiger partial charge in [0.2, 0.25) is 15.9 Å². The van der Waals surface area contributed by atoms with E-state index in [2.05, 4.69) is 4.72 Å². The number of sulfonamides is 1. The molecule has 1 aromatic heterocycles. The largest absolute Gasteiger partial charge is 0.461 e. The molecular formula is C15H23N3O6S. The Morgan fingerprint density at radius 3 is 2.64 bits per heavy atom. The third-order valence-electron chi connectivity index (χ3n) is 3.77. The van der Waals surface area contributed by atoms with E-state index in [0.29, 0.717) is 26.3 Å². The van der Waals surface area contributed by atoms with Gasteiger partial charge in [0, 0.05) is 39.3 Å². The van der Waals surface area contributed by atoms with Crippen LogP contribution in [0.15, 0.2) is 17.2 Å². The van der Waals surface area contributed by atoms with Gasteiger partial charge >= 0.3 is 5.97 Å². The van der Waals surface area contributed by atoms with Crippen molar-refractivity contribution in [3.63, 3.8) is 0 Å². The van der Waals surface area contributed by atoms with Crippen molar-refractivity contribution < 1.29 is 27.5 Å². The average molecular weight is 373 g/mol. The highest BCUT2D eigenvalue weighted by Crippen LogP contribution is 2.14. The molecule has 9 nitrogen and oxygen atoms in total. The number of amides is 1. The van der Waals surface area contributed by atoms with Crippen LogP contribution in [0.4, 0.5) is 0 Å². The molecule has 1 saturated heterocycles. The van der Waals surface area contributed by atoms with Gasteiger partial charge in [-0.2, -0.15) is 0 Å². The van der Waals surface area contributed by atoms with Gasteiger partial charge in [-0.25, -0.2) is 17.9 Å². The van der Waals surface area contributed by atoms with Crippen LogP contribution in [-0.4, -0.2) is 69.2 Å². The number of ether oxygens (including phenoxy) is 2. The normalized spacial score (nSPS) is 15.2. The molecule has 1 aliphatic heterocycles. The fourth-order valence-electron chi connectivity index (χ4n) is 2.44. The van der Waals surface area contributed by atoms with Crippen LogP contribution < -0.4 is 4.72 Å². The molecule has 0 saturated carbocycles. The van der Waals surface area contributed by atoms with Crippen molar-refractivity contribution in [2.24, 2.45) is 7.05 Å². The second kappa shape index (κ2) is 8.45. The molecular weight excluding hydrogens is 350 g/mol. The summed E-state index contributed by atoms with van der Waals surface area (Å²) in [5.74, 6) is -0.708. The Kier molecular flexibility index (Phi) is 6.57. The van der Waals surface area contributed by atoms with Crippen LogP contribution in [0.1, 0.15) is 23.8 Å². The van der Waals surface area contributed by atoms with E-state index in [1.54, 1.807) is 18.9 Å². The van der Waals surface area contributed by atoms with Crippen molar-refractivity contribution in [2.45, 2.75) is 18.2 Å². The van der Waals surface area contributed by atoms with Crippen LogP contribution in [-0.2, 0) is 31.3 Å². The minimum absolute atomic E-state index is 0.0117. The molecule has 0 aromatic carbocycles. The SMILES string of the molecule is CCOC(=O)c1cc(S(=O)(=O)NCCC(=O)N2CCOCC2)cn1C. The minimum atomic E-state index is -3.81. The van der Waals surface area contributed by atoms with E-state index in [9.17, 15) is 18.0 Å². The predicted molar refractivity (Wildman–Crippen MR) is 88.6 cm³/mol. The van der Waals surface area contributed by atoms with E-state index in [4.69, 9.17) is 9.47 Å². The lowest BCUT2D eigenvalue weighted by atomic mass is 10.3. The smallest absolute Gasteiger partial charge is 0.354 e. The summed E-state index contributed by atoms with van der Waals surface area (Å²) < 4.78 is 38.5. The molecule has 0 aliphatic carbocycles. The molecule has 0 radical (unpaired) electrons. The number of carbonyl (C=O) groups excluding carboxylic acids is 2. The Bertz CT molecular complexity index is 722. The van der Waals surface area contributed by atoms with Crippen molar-refractivity contribution in [1.82, 2.24) is 14.2 Å². The van der Waals surface area contributed by atoms with E-state index in [0.717, 1.165) is 0 Å². The zero-order valence-electron chi connectivity index (χ0n) is 14.4. The van der Waals surface area contributed by atoms with E-state index in [1.807, 2.05) is 0 Å². The van der Waals surface area contributed by atoms with Gasteiger partial charge < -0.3 is 18.9 Å². The number of nitrogens with zero attached hydrogens (tertiary/aromatic N) is 2. The van der Waals surface area contributed by atoms with Crippen LogP contribution >= 0.6 is 0 Å². The first-order valence-corrected chi connectivity index (χ1v) is 9.52. The van der Waals surface area contributed by atoms with Gasteiger partial charge in [0.05, 0.1) is 19.8 Å². The first-order chi connectivity index (χ1) is 11.8. The molecule has 1 fully saturated rings. The quantitative estimate of drug-likeness (QED) is 0.660. The summed E-state index contributed by atoms with van der Waals surface area (Å²) in [5.41, 5.74) is 0.145. The molecule has 1 aromatic rings. The van der Waals surface area contributed by atoms with Crippen molar-refractivity contribution >= 4 is 21.9 Å². The molecule has 1 aliphatic rings. The molecule has 2 rings (SSSR count). The maximum absolute atomic E-state index is 12.3. The Morgan fingerprint density at radius 2 is 2.00 bits per heavy atom. The maximum atomic E-state index is 12.3. The van der Waals surface area contributed by atoms with Gasteiger partial charge in [0.25, 0.3) is 0 Å². The third kappa shape index (κ3) is 5.03. The van der Waals surface area contributed by atoms with E-state index < -0.39 is 16.0 Å². The van der Waals surface area contributed by atoms with Crippen molar-refractivity contribution in [1.29, 1.82) is 0 Å². The predicted octanol–water partition coefficient (Wildman–Crippen LogP) is -0.271. The topological polar surface area (TPSA) is 107 Å². The number of carbonyl (C=O) groups is 2. The fourth-order valence-corrected chi connectivity index (χ4v) is 3.54. The molecule has 10 heteroatoms. The summed E-state index contributed by atoms with van der Waals surface area (Å²) in [7, 11) is -2.25. The molecule has 25 heavy (non-hydrogen) atoms. The van der Waals surface area contributed by atoms with Crippen LogP contribution in [0.3, 0.4) is 0 Å². The zero-order valence-corrected chi connectivity index (χ0v) is 15.2. The molecule has 0 spiro atoms. The summed E-state index contributed by atoms with van der Waals surface area (Å²) in [6, 6.07) is 1.25. The average Bonchev–Trinajstić information content (AvgIpc) is 2.98. The number of esters is 1. The van der Waals surface area contributed by atoms with Gasteiger partial charge in [0.1, 0.15) is 10.6 Å². The zero-order chi connectivity index (χ0) is 18.4. The Morgan fingerprint density at radius 1 is 1.32 bits per heavy atom. The van der Waals surface area contributed by atoms with Gasteiger partial charge in [-0.05, 0) is 13.0 Å². The highest BCUT2D eigenvalue weighted by Gasteiger charge is 2.22. The van der Waals surface area contributed by atoms with Crippen LogP contribution in [0.2, 0.25) is 0 Å². The van der Waals surface area contributed by atoms with Crippen molar-refractivity contribution in [2.75, 3.05) is 39.5 Å². The van der Waals surface area contributed by atoms with Crippen LogP contribution in [0.25, 0.3) is 0 Å². The lowest BCUT2D eigenvalue weighted by molar-refractivity contribution is -0.135. The molecule has 2 heterocycles. The summed E-state index contributed by atoms with van der Waals surface area (Å²) in [5, 5.41) is 0. The second-order valence-electron chi connectivity index (χ2n) is 5.53. The Balaban J connectivity index is 1.94. The monoisotopic (exact) mass is 373 g/mol. The number of morpholine rings is 1. The lowest BCUT2D eigenvalue weighted by Gasteiger charge is -2.26. The van der Waals surface area contributed by atoms with Crippen molar-refractivity contribution in [3.8, 4) is 0 Å². The molecule has 0 atom stereocenters. The number of aryl methyl sites for hydroxylation is 1. The fraction of sp³-hybridized carbons (Fsp3) is 0.600. The maximum Gasteiger partial charge on any atom is 0.354 e. The van der Waals surface area contributed by atoms with E-state index in [-0.39, 0.29) is 36.1 Å². The lowest BCUT2D eigenvalue weighted by Crippen LogP contribution is -2.41. The molecule has 1 amide bonds. The standard InChI is InChI=1S/C15H23N3O6S/c1-3-24-15(20)13-10-12(11-17(13)2)25(21,22)16-5-4-14(19)18-6-8-23-9-7-18/h10-11,16H,3-9H2,1-2H3. The minimum Gasteiger partial charge on any atom is -0.461 e. The highest BCUT2D eigenvalue weighted by molar-refractivity contribution is 7.89. The molecule has 0 bridgehead atoms. The number of hydrogen-bond donors (Lipinski definition) is 1. The second-order valence-corrected chi connectivity index (χ2v) is 7.30. The third-order valence-corrected chi connectivity index (χ3v) is 5.20. The summed E-state index contributed by atoms with van der Waals surface area (Å²) >= 11 is 0. The number of aromatic nitrogens is 1. The van der Waals surface area contributed by atoms with Gasteiger partial charge in [-0.3, -0.25) is 4.79 Å². The Hall–Kier alpha value is -1.91. The number of rotatable bonds is 7. The van der Waals surface area contributed by atoms with E-state index >= 15 is 0 Å². The van der Waals surface area contributed by atoms with Crippen molar-refractivity contribution in [3.05, 3.63) is 18.0 Å². The van der Waals surface area contributed by atoms with Gasteiger partial charge in [-0.1, -0.05) is 0 Å². The first-order valence-electron chi connectivity index (χ1n) is 8.04. The first kappa shape index (κ1) is 19.4. The number of nitrogens with one attached hydrogen (secondary N) is 1. The van der Waals surface area contributed by atoms with Crippen LogP contribution in [0.5, 0.6) is 0 Å². The Labute approximate surface area is 146 Å².